The maximum absolute atomic E-state index is 11.9. The standard InChI is InChI=1S/C20H28ClNO5/c1-3-6-27-18-14(9-15(21)10-17(18)25-2)11-22-12-16(19(23)24)20(13-22)4-7-26-8-5-20/h9-10,16H,3-8,11-13H2,1-2H3,(H,23,24). The fourth-order valence-corrected chi connectivity index (χ4v) is 4.55. The number of carboxylic acid groups (broad SMARTS) is 1. The van der Waals surface area contributed by atoms with Crippen LogP contribution in [-0.4, -0.2) is 56.0 Å². The van der Waals surface area contributed by atoms with Gasteiger partial charge in [0, 0.05) is 54.9 Å². The Balaban J connectivity index is 1.84. The van der Waals surface area contributed by atoms with Gasteiger partial charge in [0.2, 0.25) is 0 Å². The third-order valence-electron chi connectivity index (χ3n) is 5.67. The lowest BCUT2D eigenvalue weighted by Gasteiger charge is -2.36. The molecule has 7 heteroatoms. The highest BCUT2D eigenvalue weighted by atomic mass is 35.5. The van der Waals surface area contributed by atoms with Gasteiger partial charge in [-0.3, -0.25) is 9.69 Å². The summed E-state index contributed by atoms with van der Waals surface area (Å²) in [6, 6.07) is 3.64. The monoisotopic (exact) mass is 397 g/mol. The second-order valence-electron chi connectivity index (χ2n) is 7.48. The van der Waals surface area contributed by atoms with Gasteiger partial charge < -0.3 is 19.3 Å². The molecule has 2 aliphatic rings. The molecule has 0 radical (unpaired) electrons. The van der Waals surface area contributed by atoms with Crippen LogP contribution in [-0.2, 0) is 16.1 Å². The van der Waals surface area contributed by atoms with E-state index in [4.69, 9.17) is 25.8 Å². The second kappa shape index (κ2) is 8.67. The van der Waals surface area contributed by atoms with Crippen molar-refractivity contribution >= 4 is 17.6 Å². The van der Waals surface area contributed by atoms with Crippen molar-refractivity contribution in [3.8, 4) is 11.5 Å². The molecule has 2 fully saturated rings. The van der Waals surface area contributed by atoms with Crippen molar-refractivity contribution in [3.05, 3.63) is 22.7 Å². The highest BCUT2D eigenvalue weighted by molar-refractivity contribution is 6.30. The summed E-state index contributed by atoms with van der Waals surface area (Å²) < 4.78 is 16.9. The summed E-state index contributed by atoms with van der Waals surface area (Å²) in [5, 5.41) is 10.4. The number of aliphatic carboxylic acids is 1. The van der Waals surface area contributed by atoms with E-state index < -0.39 is 5.97 Å². The Kier molecular flexibility index (Phi) is 6.50. The maximum Gasteiger partial charge on any atom is 0.308 e. The van der Waals surface area contributed by atoms with Gasteiger partial charge in [0.05, 0.1) is 19.6 Å². The molecule has 27 heavy (non-hydrogen) atoms. The van der Waals surface area contributed by atoms with Crippen molar-refractivity contribution in [2.45, 2.75) is 32.7 Å². The molecule has 1 aromatic carbocycles. The number of rotatable bonds is 7. The van der Waals surface area contributed by atoms with Crippen LogP contribution in [0.15, 0.2) is 12.1 Å². The van der Waals surface area contributed by atoms with Gasteiger partial charge in [0.1, 0.15) is 0 Å². The Morgan fingerprint density at radius 1 is 1.41 bits per heavy atom. The van der Waals surface area contributed by atoms with Gasteiger partial charge >= 0.3 is 5.97 Å². The number of halogens is 1. The van der Waals surface area contributed by atoms with Crippen LogP contribution in [0.1, 0.15) is 31.7 Å². The van der Waals surface area contributed by atoms with E-state index in [1.54, 1.807) is 13.2 Å². The van der Waals surface area contributed by atoms with Crippen molar-refractivity contribution in [3.63, 3.8) is 0 Å². The second-order valence-corrected chi connectivity index (χ2v) is 7.92. The molecule has 6 nitrogen and oxygen atoms in total. The van der Waals surface area contributed by atoms with Gasteiger partial charge in [0.15, 0.2) is 11.5 Å². The number of ether oxygens (including phenoxy) is 3. The summed E-state index contributed by atoms with van der Waals surface area (Å²) in [5.41, 5.74) is 0.720. The molecule has 0 aromatic heterocycles. The van der Waals surface area contributed by atoms with E-state index in [1.165, 1.54) is 0 Å². The third-order valence-corrected chi connectivity index (χ3v) is 5.88. The summed E-state index contributed by atoms with van der Waals surface area (Å²) in [4.78, 5) is 14.1. The Labute approximate surface area is 165 Å². The van der Waals surface area contributed by atoms with E-state index in [1.807, 2.05) is 6.07 Å². The van der Waals surface area contributed by atoms with Crippen LogP contribution in [0, 0.1) is 11.3 Å². The normalized spacial score (nSPS) is 22.1. The number of carboxylic acids is 1. The van der Waals surface area contributed by atoms with Crippen LogP contribution < -0.4 is 9.47 Å². The number of carbonyl (C=O) groups is 1. The first-order valence-electron chi connectivity index (χ1n) is 9.51. The molecule has 0 saturated carbocycles. The molecular weight excluding hydrogens is 370 g/mol. The highest BCUT2D eigenvalue weighted by Gasteiger charge is 2.50. The summed E-state index contributed by atoms with van der Waals surface area (Å²) in [5.74, 6) is 0.220. The number of hydrogen-bond acceptors (Lipinski definition) is 5. The molecule has 1 spiro atoms. The minimum Gasteiger partial charge on any atom is -0.493 e. The average molecular weight is 398 g/mol. The first-order valence-corrected chi connectivity index (χ1v) is 9.89. The van der Waals surface area contributed by atoms with Crippen LogP contribution in [0.2, 0.25) is 5.02 Å². The third kappa shape index (κ3) is 4.33. The van der Waals surface area contributed by atoms with Crippen molar-refractivity contribution in [2.75, 3.05) is 40.0 Å². The quantitative estimate of drug-likeness (QED) is 0.760. The lowest BCUT2D eigenvalue weighted by Crippen LogP contribution is -2.40. The first-order chi connectivity index (χ1) is 13.0. The number of likely N-dealkylation sites (tertiary alicyclic amines) is 1. The van der Waals surface area contributed by atoms with E-state index in [2.05, 4.69) is 11.8 Å². The largest absolute Gasteiger partial charge is 0.493 e. The topological polar surface area (TPSA) is 68.2 Å². The Bertz CT molecular complexity index is 675. The molecule has 1 atom stereocenters. The van der Waals surface area contributed by atoms with E-state index >= 15 is 0 Å². The lowest BCUT2D eigenvalue weighted by molar-refractivity contribution is -0.147. The van der Waals surface area contributed by atoms with E-state index in [9.17, 15) is 9.90 Å². The summed E-state index contributed by atoms with van der Waals surface area (Å²) in [7, 11) is 1.60. The number of benzene rings is 1. The predicted octanol–water partition coefficient (Wildman–Crippen LogP) is 3.45. The summed E-state index contributed by atoms with van der Waals surface area (Å²) >= 11 is 6.28. The van der Waals surface area contributed by atoms with Crippen molar-refractivity contribution in [1.82, 2.24) is 4.90 Å². The minimum atomic E-state index is -0.717. The average Bonchev–Trinajstić information content (AvgIpc) is 2.98. The number of nitrogens with zero attached hydrogens (tertiary/aromatic N) is 1. The van der Waals surface area contributed by atoms with Gasteiger partial charge in [-0.2, -0.15) is 0 Å². The number of methoxy groups -OCH3 is 1. The molecule has 1 aromatic rings. The molecule has 1 N–H and O–H groups in total. The van der Waals surface area contributed by atoms with Gasteiger partial charge in [-0.05, 0) is 25.3 Å². The van der Waals surface area contributed by atoms with Crippen LogP contribution in [0.25, 0.3) is 0 Å². The van der Waals surface area contributed by atoms with Crippen LogP contribution in [0.3, 0.4) is 0 Å². The van der Waals surface area contributed by atoms with Crippen molar-refractivity contribution < 1.29 is 24.1 Å². The lowest BCUT2D eigenvalue weighted by atomic mass is 9.72. The zero-order valence-electron chi connectivity index (χ0n) is 16.0. The first kappa shape index (κ1) is 20.2. The fourth-order valence-electron chi connectivity index (χ4n) is 4.32. The zero-order chi connectivity index (χ0) is 19.4. The number of hydrogen-bond donors (Lipinski definition) is 1. The minimum absolute atomic E-state index is 0.211. The van der Waals surface area contributed by atoms with E-state index in [0.717, 1.165) is 31.4 Å². The Morgan fingerprint density at radius 3 is 2.78 bits per heavy atom. The molecule has 1 unspecified atom stereocenters. The maximum atomic E-state index is 11.9. The molecule has 2 aliphatic heterocycles. The molecule has 2 heterocycles. The van der Waals surface area contributed by atoms with Gasteiger partial charge in [-0.15, -0.1) is 0 Å². The van der Waals surface area contributed by atoms with Gasteiger partial charge in [-0.25, -0.2) is 0 Å². The molecule has 0 aliphatic carbocycles. The van der Waals surface area contributed by atoms with Crippen LogP contribution in [0.4, 0.5) is 0 Å². The van der Waals surface area contributed by atoms with Crippen molar-refractivity contribution in [1.29, 1.82) is 0 Å². The summed E-state index contributed by atoms with van der Waals surface area (Å²) in [6.45, 7) is 5.76. The molecule has 0 bridgehead atoms. The fraction of sp³-hybridized carbons (Fsp3) is 0.650. The molecule has 150 valence electrons. The molecule has 3 rings (SSSR count). The van der Waals surface area contributed by atoms with Gasteiger partial charge in [-0.1, -0.05) is 18.5 Å². The van der Waals surface area contributed by atoms with E-state index in [0.29, 0.717) is 49.4 Å². The van der Waals surface area contributed by atoms with Crippen LogP contribution >= 0.6 is 11.6 Å². The molecule has 2 saturated heterocycles. The predicted molar refractivity (Wildman–Crippen MR) is 103 cm³/mol. The smallest absolute Gasteiger partial charge is 0.308 e. The zero-order valence-corrected chi connectivity index (χ0v) is 16.8. The summed E-state index contributed by atoms with van der Waals surface area (Å²) in [6.07, 6.45) is 2.47. The van der Waals surface area contributed by atoms with Gasteiger partial charge in [0.25, 0.3) is 0 Å². The molecule has 0 amide bonds. The molecular formula is C20H28ClNO5. The Morgan fingerprint density at radius 2 is 2.15 bits per heavy atom. The highest BCUT2D eigenvalue weighted by Crippen LogP contribution is 2.45. The van der Waals surface area contributed by atoms with E-state index in [-0.39, 0.29) is 11.3 Å². The SMILES string of the molecule is CCCOc1c(CN2CC(C(=O)O)C3(CCOCC3)C2)cc(Cl)cc1OC. The van der Waals surface area contributed by atoms with Crippen molar-refractivity contribution in [2.24, 2.45) is 11.3 Å². The Hall–Kier alpha value is -1.50. The van der Waals surface area contributed by atoms with Crippen LogP contribution in [0.5, 0.6) is 11.5 Å².